The standard InChI is InChI=1S/C14H29N3O2S/c1-3-4-12(2)16-20(18,19)17-9-7-13(8-10-17)11-15-14-5-6-14/h12-16H,3-11H2,1-2H3. The molecule has 0 radical (unpaired) electrons. The zero-order valence-corrected chi connectivity index (χ0v) is 13.6. The fraction of sp³-hybridized carbons (Fsp3) is 1.00. The Morgan fingerprint density at radius 2 is 1.85 bits per heavy atom. The van der Waals surface area contributed by atoms with Crippen LogP contribution in [0.3, 0.4) is 0 Å². The molecule has 0 aromatic rings. The highest BCUT2D eigenvalue weighted by atomic mass is 32.2. The van der Waals surface area contributed by atoms with Crippen molar-refractivity contribution in [3.8, 4) is 0 Å². The normalized spacial score (nSPS) is 23.9. The molecule has 1 heterocycles. The van der Waals surface area contributed by atoms with Crippen LogP contribution in [0.2, 0.25) is 0 Å². The van der Waals surface area contributed by atoms with Gasteiger partial charge in [-0.3, -0.25) is 0 Å². The number of hydrogen-bond acceptors (Lipinski definition) is 3. The molecule has 1 aliphatic carbocycles. The highest BCUT2D eigenvalue weighted by molar-refractivity contribution is 7.87. The number of nitrogens with zero attached hydrogens (tertiary/aromatic N) is 1. The van der Waals surface area contributed by atoms with E-state index in [-0.39, 0.29) is 6.04 Å². The van der Waals surface area contributed by atoms with Gasteiger partial charge in [0.2, 0.25) is 0 Å². The van der Waals surface area contributed by atoms with Crippen LogP contribution in [0, 0.1) is 5.92 Å². The average Bonchev–Trinajstić information content (AvgIpc) is 3.20. The van der Waals surface area contributed by atoms with Gasteiger partial charge in [0, 0.05) is 25.2 Å². The maximum atomic E-state index is 12.3. The topological polar surface area (TPSA) is 61.4 Å². The van der Waals surface area contributed by atoms with Gasteiger partial charge in [-0.15, -0.1) is 0 Å². The van der Waals surface area contributed by atoms with Crippen LogP contribution in [0.25, 0.3) is 0 Å². The van der Waals surface area contributed by atoms with E-state index in [1.165, 1.54) is 12.8 Å². The summed E-state index contributed by atoms with van der Waals surface area (Å²) >= 11 is 0. The van der Waals surface area contributed by atoms with Gasteiger partial charge in [0.1, 0.15) is 0 Å². The summed E-state index contributed by atoms with van der Waals surface area (Å²) in [5.74, 6) is 0.634. The van der Waals surface area contributed by atoms with E-state index in [0.717, 1.165) is 38.3 Å². The van der Waals surface area contributed by atoms with Crippen LogP contribution >= 0.6 is 0 Å². The molecule has 20 heavy (non-hydrogen) atoms. The van der Waals surface area contributed by atoms with E-state index in [9.17, 15) is 8.42 Å². The average molecular weight is 303 g/mol. The molecule has 1 saturated heterocycles. The summed E-state index contributed by atoms with van der Waals surface area (Å²) in [7, 11) is -3.28. The molecule has 0 aromatic heterocycles. The maximum absolute atomic E-state index is 12.3. The van der Waals surface area contributed by atoms with Crippen molar-refractivity contribution in [2.45, 2.75) is 64.5 Å². The predicted molar refractivity (Wildman–Crippen MR) is 81.7 cm³/mol. The number of piperidine rings is 1. The molecule has 0 bridgehead atoms. The van der Waals surface area contributed by atoms with Crippen molar-refractivity contribution in [2.24, 2.45) is 5.92 Å². The van der Waals surface area contributed by atoms with Gasteiger partial charge in [-0.25, -0.2) is 0 Å². The third kappa shape index (κ3) is 4.98. The lowest BCUT2D eigenvalue weighted by Crippen LogP contribution is -2.48. The summed E-state index contributed by atoms with van der Waals surface area (Å²) in [6, 6.07) is 0.771. The van der Waals surface area contributed by atoms with Crippen LogP contribution < -0.4 is 10.0 Å². The van der Waals surface area contributed by atoms with E-state index < -0.39 is 10.2 Å². The summed E-state index contributed by atoms with van der Waals surface area (Å²) in [5, 5.41) is 3.55. The molecule has 5 nitrogen and oxygen atoms in total. The third-order valence-corrected chi connectivity index (χ3v) is 6.00. The number of hydrogen-bond donors (Lipinski definition) is 2. The first-order chi connectivity index (χ1) is 9.51. The van der Waals surface area contributed by atoms with E-state index in [0.29, 0.717) is 19.0 Å². The third-order valence-electron chi connectivity index (χ3n) is 4.26. The first kappa shape index (κ1) is 16.2. The second-order valence-electron chi connectivity index (χ2n) is 6.34. The van der Waals surface area contributed by atoms with Gasteiger partial charge in [-0.2, -0.15) is 17.4 Å². The first-order valence-electron chi connectivity index (χ1n) is 8.02. The van der Waals surface area contributed by atoms with E-state index in [1.54, 1.807) is 4.31 Å². The van der Waals surface area contributed by atoms with E-state index >= 15 is 0 Å². The van der Waals surface area contributed by atoms with Crippen molar-refractivity contribution in [1.29, 1.82) is 0 Å². The molecular formula is C14H29N3O2S. The molecular weight excluding hydrogens is 274 g/mol. The van der Waals surface area contributed by atoms with Gasteiger partial charge in [0.05, 0.1) is 0 Å². The van der Waals surface area contributed by atoms with E-state index in [2.05, 4.69) is 17.0 Å². The van der Waals surface area contributed by atoms with E-state index in [4.69, 9.17) is 0 Å². The maximum Gasteiger partial charge on any atom is 0.279 e. The number of nitrogens with one attached hydrogen (secondary N) is 2. The molecule has 6 heteroatoms. The fourth-order valence-electron chi connectivity index (χ4n) is 2.80. The van der Waals surface area contributed by atoms with Crippen LogP contribution in [-0.2, 0) is 10.2 Å². The second kappa shape index (κ2) is 7.20. The molecule has 2 fully saturated rings. The molecule has 2 N–H and O–H groups in total. The van der Waals surface area contributed by atoms with Crippen molar-refractivity contribution in [3.63, 3.8) is 0 Å². The molecule has 0 amide bonds. The zero-order valence-electron chi connectivity index (χ0n) is 12.8. The van der Waals surface area contributed by atoms with Gasteiger partial charge in [0.25, 0.3) is 10.2 Å². The van der Waals surface area contributed by atoms with E-state index in [1.807, 2.05) is 6.92 Å². The smallest absolute Gasteiger partial charge is 0.279 e. The molecule has 2 aliphatic rings. The van der Waals surface area contributed by atoms with Gasteiger partial charge in [-0.05, 0) is 51.5 Å². The zero-order chi connectivity index (χ0) is 14.6. The van der Waals surface area contributed by atoms with Crippen molar-refractivity contribution < 1.29 is 8.42 Å². The van der Waals surface area contributed by atoms with Gasteiger partial charge in [0.15, 0.2) is 0 Å². The highest BCUT2D eigenvalue weighted by Crippen LogP contribution is 2.22. The minimum absolute atomic E-state index is 0.0271. The minimum atomic E-state index is -3.28. The molecule has 1 aliphatic heterocycles. The van der Waals surface area contributed by atoms with Crippen LogP contribution in [-0.4, -0.2) is 44.4 Å². The van der Waals surface area contributed by atoms with Gasteiger partial charge < -0.3 is 5.32 Å². The van der Waals surface area contributed by atoms with Crippen LogP contribution in [0.4, 0.5) is 0 Å². The van der Waals surface area contributed by atoms with Crippen LogP contribution in [0.15, 0.2) is 0 Å². The molecule has 1 atom stereocenters. The predicted octanol–water partition coefficient (Wildman–Crippen LogP) is 1.47. The molecule has 118 valence electrons. The monoisotopic (exact) mass is 303 g/mol. The Bertz CT molecular complexity index is 387. The fourth-order valence-corrected chi connectivity index (χ4v) is 4.26. The summed E-state index contributed by atoms with van der Waals surface area (Å²) in [6.07, 6.45) is 6.46. The lowest BCUT2D eigenvalue weighted by molar-refractivity contribution is 0.263. The lowest BCUT2D eigenvalue weighted by atomic mass is 9.98. The van der Waals surface area contributed by atoms with Crippen molar-refractivity contribution in [2.75, 3.05) is 19.6 Å². The summed E-state index contributed by atoms with van der Waals surface area (Å²) < 4.78 is 28.9. The van der Waals surface area contributed by atoms with Gasteiger partial charge in [-0.1, -0.05) is 13.3 Å². The van der Waals surface area contributed by atoms with Crippen molar-refractivity contribution in [1.82, 2.24) is 14.3 Å². The Hall–Kier alpha value is -0.170. The molecule has 0 spiro atoms. The summed E-state index contributed by atoms with van der Waals surface area (Å²) in [6.45, 7) is 6.38. The Kier molecular flexibility index (Phi) is 5.84. The van der Waals surface area contributed by atoms with Gasteiger partial charge >= 0.3 is 0 Å². The second-order valence-corrected chi connectivity index (χ2v) is 8.04. The van der Waals surface area contributed by atoms with Crippen LogP contribution in [0.1, 0.15) is 52.4 Å². The Morgan fingerprint density at radius 1 is 1.20 bits per heavy atom. The van der Waals surface area contributed by atoms with Crippen molar-refractivity contribution >= 4 is 10.2 Å². The number of rotatable bonds is 8. The summed E-state index contributed by atoms with van der Waals surface area (Å²) in [4.78, 5) is 0. The quantitative estimate of drug-likeness (QED) is 0.714. The van der Waals surface area contributed by atoms with Crippen LogP contribution in [0.5, 0.6) is 0 Å². The first-order valence-corrected chi connectivity index (χ1v) is 9.46. The SMILES string of the molecule is CCCC(C)NS(=O)(=O)N1CCC(CNC2CC2)CC1. The Balaban J connectivity index is 1.73. The molecule has 1 saturated carbocycles. The Morgan fingerprint density at radius 3 is 2.40 bits per heavy atom. The highest BCUT2D eigenvalue weighted by Gasteiger charge is 2.29. The largest absolute Gasteiger partial charge is 0.314 e. The lowest BCUT2D eigenvalue weighted by Gasteiger charge is -2.32. The van der Waals surface area contributed by atoms with Crippen molar-refractivity contribution in [3.05, 3.63) is 0 Å². The minimum Gasteiger partial charge on any atom is -0.314 e. The molecule has 2 rings (SSSR count). The summed E-state index contributed by atoms with van der Waals surface area (Å²) in [5.41, 5.74) is 0. The Labute approximate surface area is 123 Å². The molecule has 1 unspecified atom stereocenters. The molecule has 0 aromatic carbocycles.